The van der Waals surface area contributed by atoms with Crippen LogP contribution in [-0.4, -0.2) is 40.6 Å². The van der Waals surface area contributed by atoms with Crippen LogP contribution in [0.1, 0.15) is 5.89 Å². The van der Waals surface area contributed by atoms with Crippen LogP contribution in [0.15, 0.2) is 58.1 Å². The summed E-state index contributed by atoms with van der Waals surface area (Å²) >= 11 is 1.57. The van der Waals surface area contributed by atoms with Crippen LogP contribution >= 0.6 is 11.8 Å². The predicted octanol–water partition coefficient (Wildman–Crippen LogP) is 4.03. The molecule has 0 aliphatic carbocycles. The van der Waals surface area contributed by atoms with Crippen molar-refractivity contribution in [3.63, 3.8) is 0 Å². The Morgan fingerprint density at radius 3 is 2.64 bits per heavy atom. The largest absolute Gasteiger partial charge is 0.497 e. The van der Waals surface area contributed by atoms with Gasteiger partial charge in [0.2, 0.25) is 11.8 Å². The molecular formula is C20H20N4O3S. The minimum absolute atomic E-state index is 0.492. The van der Waals surface area contributed by atoms with Crippen molar-refractivity contribution < 1.29 is 13.9 Å². The van der Waals surface area contributed by atoms with Crippen LogP contribution in [0.2, 0.25) is 0 Å². The number of fused-ring (bicyclic) bond motifs is 1. The summed E-state index contributed by atoms with van der Waals surface area (Å²) in [6, 6.07) is 15.6. The average Bonchev–Trinajstić information content (AvgIpc) is 3.35. The Bertz CT molecular complexity index is 1060. The topological polar surface area (TPSA) is 75.2 Å². The summed E-state index contributed by atoms with van der Waals surface area (Å²) in [4.78, 5) is 4.73. The molecule has 4 aromatic rings. The van der Waals surface area contributed by atoms with E-state index in [2.05, 4.69) is 20.8 Å². The molecule has 0 amide bonds. The number of imidazole rings is 1. The normalized spacial score (nSPS) is 11.2. The molecule has 7 nitrogen and oxygen atoms in total. The molecule has 0 atom stereocenters. The van der Waals surface area contributed by atoms with Gasteiger partial charge in [-0.3, -0.25) is 0 Å². The molecule has 2 heterocycles. The molecule has 0 N–H and O–H groups in total. The second-order valence-corrected chi connectivity index (χ2v) is 6.99. The molecule has 0 radical (unpaired) electrons. The number of nitrogens with zero attached hydrogens (tertiary/aromatic N) is 4. The summed E-state index contributed by atoms with van der Waals surface area (Å²) in [5, 5.41) is 9.22. The van der Waals surface area contributed by atoms with Crippen molar-refractivity contribution >= 4 is 22.8 Å². The number of aromatic nitrogens is 4. The molecule has 0 spiro atoms. The van der Waals surface area contributed by atoms with Crippen LogP contribution in [-0.2, 0) is 17.0 Å². The lowest BCUT2D eigenvalue weighted by Gasteiger charge is -2.07. The number of benzene rings is 2. The maximum Gasteiger partial charge on any atom is 0.247 e. The first-order chi connectivity index (χ1) is 13.8. The van der Waals surface area contributed by atoms with Gasteiger partial charge in [-0.25, -0.2) is 4.98 Å². The summed E-state index contributed by atoms with van der Waals surface area (Å²) in [5.41, 5.74) is 2.91. The third kappa shape index (κ3) is 3.88. The Hall–Kier alpha value is -2.84. The standard InChI is InChI=1S/C20H20N4O3S/c1-25-12-11-24-17-6-4-3-5-16(17)21-20(24)28-13-18-22-23-19(27-18)14-7-9-15(26-2)10-8-14/h3-10H,11-13H2,1-2H3. The highest BCUT2D eigenvalue weighted by atomic mass is 32.2. The Labute approximate surface area is 166 Å². The van der Waals surface area contributed by atoms with Crippen LogP contribution in [0.3, 0.4) is 0 Å². The summed E-state index contributed by atoms with van der Waals surface area (Å²) < 4.78 is 18.4. The summed E-state index contributed by atoms with van der Waals surface area (Å²) in [7, 11) is 3.34. The molecule has 0 unspecified atom stereocenters. The van der Waals surface area contributed by atoms with E-state index in [0.29, 0.717) is 24.1 Å². The van der Waals surface area contributed by atoms with Gasteiger partial charge in [0.15, 0.2) is 5.16 Å². The van der Waals surface area contributed by atoms with Gasteiger partial charge in [-0.2, -0.15) is 0 Å². The molecule has 8 heteroatoms. The number of ether oxygens (including phenoxy) is 2. The molecule has 0 saturated carbocycles. The number of hydrogen-bond acceptors (Lipinski definition) is 7. The summed E-state index contributed by atoms with van der Waals surface area (Å²) in [6.45, 7) is 1.36. The van der Waals surface area contributed by atoms with Crippen molar-refractivity contribution in [3.8, 4) is 17.2 Å². The van der Waals surface area contributed by atoms with Gasteiger partial charge in [0, 0.05) is 19.2 Å². The molecule has 0 bridgehead atoms. The van der Waals surface area contributed by atoms with E-state index >= 15 is 0 Å². The molecule has 0 fully saturated rings. The lowest BCUT2D eigenvalue weighted by molar-refractivity contribution is 0.186. The predicted molar refractivity (Wildman–Crippen MR) is 107 cm³/mol. The zero-order chi connectivity index (χ0) is 19.3. The Kier molecular flexibility index (Phi) is 5.59. The second-order valence-electron chi connectivity index (χ2n) is 6.05. The van der Waals surface area contributed by atoms with Crippen LogP contribution in [0.25, 0.3) is 22.5 Å². The third-order valence-electron chi connectivity index (χ3n) is 4.27. The van der Waals surface area contributed by atoms with E-state index in [-0.39, 0.29) is 0 Å². The summed E-state index contributed by atoms with van der Waals surface area (Å²) in [5.74, 6) is 2.38. The molecule has 144 valence electrons. The van der Waals surface area contributed by atoms with Crippen LogP contribution in [0, 0.1) is 0 Å². The fraction of sp³-hybridized carbons (Fsp3) is 0.250. The quantitative estimate of drug-likeness (QED) is 0.416. The van der Waals surface area contributed by atoms with Crippen LogP contribution in [0.5, 0.6) is 5.75 Å². The Morgan fingerprint density at radius 1 is 1.04 bits per heavy atom. The first kappa shape index (κ1) is 18.5. The molecular weight excluding hydrogens is 376 g/mol. The Balaban J connectivity index is 1.51. The SMILES string of the molecule is COCCn1c(SCc2nnc(-c3ccc(OC)cc3)o2)nc2ccccc21. The summed E-state index contributed by atoms with van der Waals surface area (Å²) in [6.07, 6.45) is 0. The number of methoxy groups -OCH3 is 2. The highest BCUT2D eigenvalue weighted by molar-refractivity contribution is 7.98. The third-order valence-corrected chi connectivity index (χ3v) is 5.23. The number of hydrogen-bond donors (Lipinski definition) is 0. The van der Waals surface area contributed by atoms with Crippen molar-refractivity contribution in [1.82, 2.24) is 19.7 Å². The molecule has 0 aliphatic rings. The maximum atomic E-state index is 5.81. The zero-order valence-electron chi connectivity index (χ0n) is 15.7. The van der Waals surface area contributed by atoms with E-state index in [1.165, 1.54) is 0 Å². The van der Waals surface area contributed by atoms with Gasteiger partial charge in [0.25, 0.3) is 0 Å². The fourth-order valence-corrected chi connectivity index (χ4v) is 3.73. The highest BCUT2D eigenvalue weighted by Gasteiger charge is 2.14. The van der Waals surface area contributed by atoms with Gasteiger partial charge < -0.3 is 18.5 Å². The van der Waals surface area contributed by atoms with Gasteiger partial charge in [-0.05, 0) is 36.4 Å². The average molecular weight is 396 g/mol. The second kappa shape index (κ2) is 8.45. The van der Waals surface area contributed by atoms with Crippen molar-refractivity contribution in [3.05, 3.63) is 54.4 Å². The molecule has 2 aromatic heterocycles. The van der Waals surface area contributed by atoms with Crippen molar-refractivity contribution in [1.29, 1.82) is 0 Å². The van der Waals surface area contributed by atoms with Gasteiger partial charge in [-0.15, -0.1) is 10.2 Å². The Morgan fingerprint density at radius 2 is 1.86 bits per heavy atom. The lowest BCUT2D eigenvalue weighted by Crippen LogP contribution is -2.05. The molecule has 2 aromatic carbocycles. The van der Waals surface area contributed by atoms with Gasteiger partial charge in [0.05, 0.1) is 30.5 Å². The number of thioether (sulfide) groups is 1. The molecule has 28 heavy (non-hydrogen) atoms. The van der Waals surface area contributed by atoms with E-state index in [1.807, 2.05) is 42.5 Å². The van der Waals surface area contributed by atoms with Crippen LogP contribution in [0.4, 0.5) is 0 Å². The molecule has 4 rings (SSSR count). The molecule has 0 saturated heterocycles. The minimum atomic E-state index is 0.492. The van der Waals surface area contributed by atoms with E-state index in [4.69, 9.17) is 18.9 Å². The van der Waals surface area contributed by atoms with Gasteiger partial charge in [0.1, 0.15) is 5.75 Å². The number of rotatable bonds is 8. The van der Waals surface area contributed by atoms with E-state index in [9.17, 15) is 0 Å². The zero-order valence-corrected chi connectivity index (χ0v) is 16.5. The molecule has 0 aliphatic heterocycles. The van der Waals surface area contributed by atoms with Crippen molar-refractivity contribution in [2.24, 2.45) is 0 Å². The lowest BCUT2D eigenvalue weighted by atomic mass is 10.2. The smallest absolute Gasteiger partial charge is 0.247 e. The minimum Gasteiger partial charge on any atom is -0.497 e. The van der Waals surface area contributed by atoms with Crippen molar-refractivity contribution in [2.75, 3.05) is 20.8 Å². The maximum absolute atomic E-state index is 5.81. The van der Waals surface area contributed by atoms with Gasteiger partial charge in [-0.1, -0.05) is 23.9 Å². The fourth-order valence-electron chi connectivity index (χ4n) is 2.85. The highest BCUT2D eigenvalue weighted by Crippen LogP contribution is 2.28. The first-order valence-electron chi connectivity index (χ1n) is 8.82. The van der Waals surface area contributed by atoms with Crippen LogP contribution < -0.4 is 4.74 Å². The number of para-hydroxylation sites is 2. The van der Waals surface area contributed by atoms with Gasteiger partial charge >= 0.3 is 0 Å². The monoisotopic (exact) mass is 396 g/mol. The van der Waals surface area contributed by atoms with Crippen molar-refractivity contribution in [2.45, 2.75) is 17.5 Å². The first-order valence-corrected chi connectivity index (χ1v) is 9.81. The van der Waals surface area contributed by atoms with E-state index in [0.717, 1.165) is 34.0 Å². The van der Waals surface area contributed by atoms with E-state index < -0.39 is 0 Å². The van der Waals surface area contributed by atoms with E-state index in [1.54, 1.807) is 26.0 Å².